The van der Waals surface area contributed by atoms with Crippen molar-refractivity contribution in [2.45, 2.75) is 12.8 Å². The van der Waals surface area contributed by atoms with Gasteiger partial charge in [0, 0.05) is 61.6 Å². The number of carbonyl (C=O) groups is 1. The minimum absolute atomic E-state index is 0.0735. The molecule has 7 heteroatoms. The molecule has 24 heavy (non-hydrogen) atoms. The summed E-state index contributed by atoms with van der Waals surface area (Å²) >= 11 is 0. The van der Waals surface area contributed by atoms with Crippen molar-refractivity contribution in [2.24, 2.45) is 5.92 Å². The van der Waals surface area contributed by atoms with Gasteiger partial charge in [-0.2, -0.15) is 0 Å². The molecule has 1 saturated carbocycles. The fourth-order valence-corrected chi connectivity index (χ4v) is 3.35. The highest BCUT2D eigenvalue weighted by Gasteiger charge is 2.34. The van der Waals surface area contributed by atoms with Crippen molar-refractivity contribution in [3.63, 3.8) is 0 Å². The molecule has 1 aliphatic heterocycles. The minimum atomic E-state index is -0.375. The maximum Gasteiger partial charge on any atom is 0.278 e. The van der Waals surface area contributed by atoms with Crippen LogP contribution in [0.5, 0.6) is 0 Å². The first kappa shape index (κ1) is 14.9. The van der Waals surface area contributed by atoms with Crippen molar-refractivity contribution in [3.8, 4) is 0 Å². The molecule has 1 aliphatic carbocycles. The molecular formula is C17H18N4O3. The Morgan fingerprint density at radius 1 is 1.12 bits per heavy atom. The fourth-order valence-electron chi connectivity index (χ4n) is 3.35. The highest BCUT2D eigenvalue weighted by Crippen LogP contribution is 2.34. The van der Waals surface area contributed by atoms with Crippen molar-refractivity contribution in [3.05, 3.63) is 40.7 Å². The third kappa shape index (κ3) is 2.55. The first-order valence-electron chi connectivity index (χ1n) is 8.20. The lowest BCUT2D eigenvalue weighted by molar-refractivity contribution is -0.383. The zero-order valence-electron chi connectivity index (χ0n) is 13.2. The van der Waals surface area contributed by atoms with Crippen molar-refractivity contribution in [1.82, 2.24) is 9.88 Å². The van der Waals surface area contributed by atoms with Crippen molar-refractivity contribution >= 4 is 28.1 Å². The maximum atomic E-state index is 12.2. The van der Waals surface area contributed by atoms with Crippen LogP contribution >= 0.6 is 0 Å². The number of rotatable bonds is 3. The van der Waals surface area contributed by atoms with Gasteiger partial charge in [-0.15, -0.1) is 0 Å². The van der Waals surface area contributed by atoms with E-state index >= 15 is 0 Å². The lowest BCUT2D eigenvalue weighted by Gasteiger charge is -2.36. The molecule has 0 N–H and O–H groups in total. The summed E-state index contributed by atoms with van der Waals surface area (Å²) < 4.78 is 0. The maximum absolute atomic E-state index is 12.2. The van der Waals surface area contributed by atoms with Crippen LogP contribution in [0.3, 0.4) is 0 Å². The van der Waals surface area contributed by atoms with E-state index in [4.69, 9.17) is 0 Å². The molecule has 1 amide bonds. The first-order valence-corrected chi connectivity index (χ1v) is 8.20. The summed E-state index contributed by atoms with van der Waals surface area (Å²) in [5, 5.41) is 12.6. The Morgan fingerprint density at radius 3 is 2.54 bits per heavy atom. The van der Waals surface area contributed by atoms with Gasteiger partial charge in [-0.3, -0.25) is 19.9 Å². The summed E-state index contributed by atoms with van der Waals surface area (Å²) in [5.41, 5.74) is 1.04. The third-order valence-corrected chi connectivity index (χ3v) is 4.83. The zero-order chi connectivity index (χ0) is 16.7. The topological polar surface area (TPSA) is 79.6 Å². The number of non-ortho nitro benzene ring substituents is 1. The van der Waals surface area contributed by atoms with E-state index in [1.54, 1.807) is 24.5 Å². The molecule has 4 rings (SSSR count). The monoisotopic (exact) mass is 326 g/mol. The molecule has 0 unspecified atom stereocenters. The SMILES string of the molecule is O=C(C1CC1)N1CCN(c2ccc([N+](=O)[O-])c3cnccc23)CC1. The van der Waals surface area contributed by atoms with Crippen LogP contribution in [0, 0.1) is 16.0 Å². The Hall–Kier alpha value is -2.70. The molecule has 1 saturated heterocycles. The second-order valence-corrected chi connectivity index (χ2v) is 6.37. The fraction of sp³-hybridized carbons (Fsp3) is 0.412. The molecule has 7 nitrogen and oxygen atoms in total. The minimum Gasteiger partial charge on any atom is -0.367 e. The van der Waals surface area contributed by atoms with Gasteiger partial charge in [0.25, 0.3) is 5.69 Å². The zero-order valence-corrected chi connectivity index (χ0v) is 13.2. The molecule has 0 bridgehead atoms. The van der Waals surface area contributed by atoms with Crippen molar-refractivity contribution in [1.29, 1.82) is 0 Å². The number of aromatic nitrogens is 1. The molecule has 2 aliphatic rings. The van der Waals surface area contributed by atoms with E-state index in [1.165, 1.54) is 0 Å². The van der Waals surface area contributed by atoms with Gasteiger partial charge in [-0.1, -0.05) is 0 Å². The van der Waals surface area contributed by atoms with Gasteiger partial charge in [-0.25, -0.2) is 0 Å². The van der Waals surface area contributed by atoms with Crippen molar-refractivity contribution < 1.29 is 9.72 Å². The van der Waals surface area contributed by atoms with Crippen LogP contribution in [-0.4, -0.2) is 46.9 Å². The average molecular weight is 326 g/mol. The lowest BCUT2D eigenvalue weighted by atomic mass is 10.1. The van der Waals surface area contributed by atoms with Gasteiger partial charge in [-0.05, 0) is 25.0 Å². The van der Waals surface area contributed by atoms with E-state index < -0.39 is 0 Å². The normalized spacial score (nSPS) is 18.0. The van der Waals surface area contributed by atoms with Gasteiger partial charge in [0.15, 0.2) is 0 Å². The molecule has 1 aromatic carbocycles. The second kappa shape index (κ2) is 5.74. The van der Waals surface area contributed by atoms with E-state index in [2.05, 4.69) is 9.88 Å². The van der Waals surface area contributed by atoms with Crippen LogP contribution in [0.4, 0.5) is 11.4 Å². The molecule has 0 spiro atoms. The van der Waals surface area contributed by atoms with Crippen LogP contribution < -0.4 is 4.90 Å². The molecule has 124 valence electrons. The Morgan fingerprint density at radius 2 is 1.88 bits per heavy atom. The number of hydrogen-bond acceptors (Lipinski definition) is 5. The number of anilines is 1. The number of nitro groups is 1. The van der Waals surface area contributed by atoms with Crippen LogP contribution in [0.15, 0.2) is 30.6 Å². The summed E-state index contributed by atoms with van der Waals surface area (Å²) in [4.78, 5) is 31.2. The van der Waals surface area contributed by atoms with E-state index in [0.717, 1.165) is 37.0 Å². The second-order valence-electron chi connectivity index (χ2n) is 6.37. The van der Waals surface area contributed by atoms with Crippen LogP contribution in [0.2, 0.25) is 0 Å². The number of fused-ring (bicyclic) bond motifs is 1. The Balaban J connectivity index is 1.60. The van der Waals surface area contributed by atoms with Gasteiger partial charge in [0.1, 0.15) is 0 Å². The summed E-state index contributed by atoms with van der Waals surface area (Å²) in [6.07, 6.45) is 5.25. The van der Waals surface area contributed by atoms with Crippen LogP contribution in [0.1, 0.15) is 12.8 Å². The predicted molar refractivity (Wildman–Crippen MR) is 89.9 cm³/mol. The molecule has 0 radical (unpaired) electrons. The third-order valence-electron chi connectivity index (χ3n) is 4.83. The van der Waals surface area contributed by atoms with E-state index in [0.29, 0.717) is 18.5 Å². The van der Waals surface area contributed by atoms with Gasteiger partial charge in [0.2, 0.25) is 5.91 Å². The summed E-state index contributed by atoms with van der Waals surface area (Å²) in [7, 11) is 0. The molecule has 2 fully saturated rings. The number of pyridine rings is 1. The highest BCUT2D eigenvalue weighted by atomic mass is 16.6. The number of nitrogens with zero attached hydrogens (tertiary/aromatic N) is 4. The number of amides is 1. The number of hydrogen-bond donors (Lipinski definition) is 0. The Kier molecular flexibility index (Phi) is 3.55. The average Bonchev–Trinajstić information content (AvgIpc) is 3.45. The standard InChI is InChI=1S/C17H18N4O3/c22-17(12-1-2-12)20-9-7-19(8-10-20)15-3-4-16(21(23)24)14-11-18-6-5-13(14)15/h3-6,11-12H,1-2,7-10H2. The highest BCUT2D eigenvalue weighted by molar-refractivity contribution is 5.99. The van der Waals surface area contributed by atoms with Gasteiger partial charge in [0.05, 0.1) is 10.3 Å². The van der Waals surface area contributed by atoms with Gasteiger partial charge < -0.3 is 9.80 Å². The van der Waals surface area contributed by atoms with E-state index in [1.807, 2.05) is 11.0 Å². The Bertz CT molecular complexity index is 811. The quantitative estimate of drug-likeness (QED) is 0.638. The molecular weight excluding hydrogens is 308 g/mol. The molecule has 0 atom stereocenters. The van der Waals surface area contributed by atoms with Gasteiger partial charge >= 0.3 is 0 Å². The predicted octanol–water partition coefficient (Wildman–Crippen LogP) is 2.20. The number of carbonyl (C=O) groups excluding carboxylic acids is 1. The summed E-state index contributed by atoms with van der Waals surface area (Å²) in [6.45, 7) is 2.90. The smallest absolute Gasteiger partial charge is 0.278 e. The van der Waals surface area contributed by atoms with E-state index in [9.17, 15) is 14.9 Å². The first-order chi connectivity index (χ1) is 11.6. The van der Waals surface area contributed by atoms with Crippen LogP contribution in [-0.2, 0) is 4.79 Å². The lowest BCUT2D eigenvalue weighted by Crippen LogP contribution is -2.49. The summed E-state index contributed by atoms with van der Waals surface area (Å²) in [6, 6.07) is 5.17. The molecule has 2 heterocycles. The number of nitro benzene ring substituents is 1. The molecule has 2 aromatic rings. The van der Waals surface area contributed by atoms with Crippen LogP contribution in [0.25, 0.3) is 10.8 Å². The molecule has 1 aromatic heterocycles. The van der Waals surface area contributed by atoms with Crippen molar-refractivity contribution in [2.75, 3.05) is 31.1 Å². The summed E-state index contributed by atoms with van der Waals surface area (Å²) in [5.74, 6) is 0.537. The number of benzene rings is 1. The largest absolute Gasteiger partial charge is 0.367 e. The Labute approximate surface area is 139 Å². The number of piperazine rings is 1. The van der Waals surface area contributed by atoms with E-state index in [-0.39, 0.29) is 22.4 Å².